The number of carbonyl (C=O) groups excluding carboxylic acids is 3. The summed E-state index contributed by atoms with van der Waals surface area (Å²) in [5.74, 6) is -1.44. The molecule has 3 unspecified atom stereocenters. The Kier molecular flexibility index (Phi) is 8.67. The van der Waals surface area contributed by atoms with E-state index in [1.807, 2.05) is 39.0 Å². The summed E-state index contributed by atoms with van der Waals surface area (Å²) in [4.78, 5) is 48.3. The highest BCUT2D eigenvalue weighted by Gasteiger charge is 2.76. The van der Waals surface area contributed by atoms with Crippen molar-refractivity contribution in [3.05, 3.63) is 54.6 Å². The molecule has 3 aliphatic rings. The standard InChI is InChI=1S/C31H43N3O4S/c1-8-14-32(15-9-2)28(36)24-23-17-21(6)31(39-23)25(24)29(37)34(22(7)18-35)27(31)30(38)33(16-10-3)26-19(4)12-11-13-20(26)5/h8,10-13,21-25,27,35H,1,3,9,14-18H2,2,4-7H3/t21?,22-,23-,24+,25+,27?,31?/m1/s1. The van der Waals surface area contributed by atoms with E-state index < -0.39 is 28.7 Å². The first-order chi connectivity index (χ1) is 18.6. The van der Waals surface area contributed by atoms with Gasteiger partial charge >= 0.3 is 0 Å². The molecule has 3 fully saturated rings. The van der Waals surface area contributed by atoms with Crippen LogP contribution in [0.3, 0.4) is 0 Å². The van der Waals surface area contributed by atoms with E-state index in [1.165, 1.54) is 0 Å². The summed E-state index contributed by atoms with van der Waals surface area (Å²) >= 11 is 1.67. The number of amides is 3. The first-order valence-corrected chi connectivity index (χ1v) is 15.0. The molecule has 3 heterocycles. The smallest absolute Gasteiger partial charge is 0.251 e. The molecule has 3 amide bonds. The molecule has 0 radical (unpaired) electrons. The van der Waals surface area contributed by atoms with Gasteiger partial charge in [-0.2, -0.15) is 0 Å². The molecule has 8 heteroatoms. The van der Waals surface area contributed by atoms with E-state index in [-0.39, 0.29) is 35.5 Å². The Hall–Kier alpha value is -2.58. The van der Waals surface area contributed by atoms with Crippen molar-refractivity contribution in [2.45, 2.75) is 69.5 Å². The average molecular weight is 554 g/mol. The Morgan fingerprint density at radius 2 is 1.85 bits per heavy atom. The van der Waals surface area contributed by atoms with Crippen LogP contribution in [0.1, 0.15) is 44.7 Å². The van der Waals surface area contributed by atoms with Crippen LogP contribution in [-0.4, -0.2) is 80.9 Å². The molecular formula is C31H43N3O4S. The third kappa shape index (κ3) is 4.53. The number of nitrogens with zero attached hydrogens (tertiary/aromatic N) is 3. The van der Waals surface area contributed by atoms with E-state index in [9.17, 15) is 19.5 Å². The van der Waals surface area contributed by atoms with Crippen LogP contribution >= 0.6 is 11.8 Å². The molecule has 0 saturated carbocycles. The number of fused-ring (bicyclic) bond motifs is 1. The highest BCUT2D eigenvalue weighted by molar-refractivity contribution is 8.02. The number of hydrogen-bond acceptors (Lipinski definition) is 5. The number of para-hydroxylation sites is 1. The van der Waals surface area contributed by atoms with Crippen molar-refractivity contribution in [1.82, 2.24) is 9.80 Å². The van der Waals surface area contributed by atoms with E-state index >= 15 is 0 Å². The fourth-order valence-electron chi connectivity index (χ4n) is 7.31. The predicted octanol–water partition coefficient (Wildman–Crippen LogP) is 3.97. The van der Waals surface area contributed by atoms with Crippen LogP contribution < -0.4 is 4.90 Å². The number of hydrogen-bond donors (Lipinski definition) is 1. The minimum atomic E-state index is -0.794. The number of likely N-dealkylation sites (tertiary alicyclic amines) is 1. The van der Waals surface area contributed by atoms with Crippen LogP contribution in [0.2, 0.25) is 0 Å². The van der Waals surface area contributed by atoms with E-state index in [2.05, 4.69) is 20.1 Å². The van der Waals surface area contributed by atoms with Crippen LogP contribution in [0.15, 0.2) is 43.5 Å². The van der Waals surface area contributed by atoms with Gasteiger partial charge in [0.05, 0.1) is 29.2 Å². The molecule has 0 aliphatic carbocycles. The Morgan fingerprint density at radius 3 is 2.41 bits per heavy atom. The van der Waals surface area contributed by atoms with Crippen LogP contribution in [0.25, 0.3) is 0 Å². The molecule has 3 saturated heterocycles. The van der Waals surface area contributed by atoms with Crippen molar-refractivity contribution in [1.29, 1.82) is 0 Å². The van der Waals surface area contributed by atoms with Gasteiger partial charge in [-0.1, -0.05) is 44.2 Å². The van der Waals surface area contributed by atoms with Gasteiger partial charge in [0.1, 0.15) is 6.04 Å². The highest BCUT2D eigenvalue weighted by atomic mass is 32.2. The average Bonchev–Trinajstić information content (AvgIpc) is 3.50. The zero-order valence-corrected chi connectivity index (χ0v) is 24.7. The number of benzene rings is 1. The molecule has 3 aliphatic heterocycles. The summed E-state index contributed by atoms with van der Waals surface area (Å²) in [5, 5.41) is 10.2. The maximum absolute atomic E-state index is 14.8. The maximum atomic E-state index is 14.8. The summed E-state index contributed by atoms with van der Waals surface area (Å²) < 4.78 is -0.745. The van der Waals surface area contributed by atoms with Gasteiger partial charge in [-0.15, -0.1) is 24.9 Å². The summed E-state index contributed by atoms with van der Waals surface area (Å²) in [5.41, 5.74) is 2.76. The number of rotatable bonds is 11. The summed E-state index contributed by atoms with van der Waals surface area (Å²) in [7, 11) is 0. The van der Waals surface area contributed by atoms with Gasteiger partial charge in [0, 0.05) is 30.6 Å². The third-order valence-corrected chi connectivity index (χ3v) is 11.0. The number of carbonyl (C=O) groups is 3. The Balaban J connectivity index is 1.85. The molecule has 7 nitrogen and oxygen atoms in total. The summed E-state index contributed by atoms with van der Waals surface area (Å²) in [6.07, 6.45) is 5.02. The van der Waals surface area contributed by atoms with E-state index in [0.29, 0.717) is 19.6 Å². The Morgan fingerprint density at radius 1 is 1.21 bits per heavy atom. The topological polar surface area (TPSA) is 81.2 Å². The quantitative estimate of drug-likeness (QED) is 0.420. The van der Waals surface area contributed by atoms with Crippen LogP contribution in [-0.2, 0) is 14.4 Å². The maximum Gasteiger partial charge on any atom is 0.251 e. The molecule has 1 N–H and O–H groups in total. The fraction of sp³-hybridized carbons (Fsp3) is 0.581. The zero-order valence-electron chi connectivity index (χ0n) is 23.9. The lowest BCUT2D eigenvalue weighted by molar-refractivity contribution is -0.145. The second-order valence-electron chi connectivity index (χ2n) is 11.4. The second-order valence-corrected chi connectivity index (χ2v) is 12.9. The van der Waals surface area contributed by atoms with Crippen LogP contribution in [0, 0.1) is 31.6 Å². The molecule has 4 rings (SSSR count). The molecule has 1 aromatic carbocycles. The van der Waals surface area contributed by atoms with E-state index in [0.717, 1.165) is 29.7 Å². The van der Waals surface area contributed by atoms with Crippen molar-refractivity contribution >= 4 is 35.2 Å². The molecule has 212 valence electrons. The van der Waals surface area contributed by atoms with Crippen molar-refractivity contribution in [3.8, 4) is 0 Å². The number of aryl methyl sites for hydroxylation is 2. The molecule has 1 spiro atoms. The van der Waals surface area contributed by atoms with Crippen molar-refractivity contribution in [2.75, 3.05) is 31.1 Å². The second kappa shape index (κ2) is 11.5. The van der Waals surface area contributed by atoms with Gasteiger partial charge in [0.25, 0.3) is 5.91 Å². The normalized spacial score (nSPS) is 29.7. The molecule has 7 atom stereocenters. The first-order valence-electron chi connectivity index (χ1n) is 14.1. The predicted molar refractivity (Wildman–Crippen MR) is 158 cm³/mol. The summed E-state index contributed by atoms with van der Waals surface area (Å²) in [6.45, 7) is 18.7. The first kappa shape index (κ1) is 29.4. The molecular weight excluding hydrogens is 510 g/mol. The largest absolute Gasteiger partial charge is 0.394 e. The minimum Gasteiger partial charge on any atom is -0.394 e. The number of thioether (sulfide) groups is 1. The lowest BCUT2D eigenvalue weighted by atomic mass is 9.65. The van der Waals surface area contributed by atoms with Gasteiger partial charge in [0.2, 0.25) is 11.8 Å². The lowest BCUT2D eigenvalue weighted by Crippen LogP contribution is -2.59. The lowest BCUT2D eigenvalue weighted by Gasteiger charge is -2.42. The van der Waals surface area contributed by atoms with Gasteiger partial charge < -0.3 is 19.8 Å². The number of aliphatic hydroxyl groups is 1. The Bertz CT molecular complexity index is 1130. The SMILES string of the molecule is C=CCN(CCC)C(=O)[C@@H]1[C@H]2C(=O)N([C@H](C)CO)C(C(=O)N(CC=C)c3c(C)cccc3C)C23S[C@@H]1CC3C. The molecule has 39 heavy (non-hydrogen) atoms. The fourth-order valence-corrected chi connectivity index (χ4v) is 9.71. The summed E-state index contributed by atoms with van der Waals surface area (Å²) in [6, 6.07) is 4.58. The highest BCUT2D eigenvalue weighted by Crippen LogP contribution is 2.69. The van der Waals surface area contributed by atoms with Gasteiger partial charge in [-0.3, -0.25) is 14.4 Å². The zero-order chi connectivity index (χ0) is 28.6. The van der Waals surface area contributed by atoms with Crippen molar-refractivity contribution in [3.63, 3.8) is 0 Å². The molecule has 2 bridgehead atoms. The van der Waals surface area contributed by atoms with Crippen molar-refractivity contribution < 1.29 is 19.5 Å². The number of aliphatic hydroxyl groups excluding tert-OH is 1. The van der Waals surface area contributed by atoms with Gasteiger partial charge in [-0.05, 0) is 50.7 Å². The van der Waals surface area contributed by atoms with E-state index in [1.54, 1.807) is 45.5 Å². The minimum absolute atomic E-state index is 0.0243. The van der Waals surface area contributed by atoms with Gasteiger partial charge in [0.15, 0.2) is 0 Å². The monoisotopic (exact) mass is 553 g/mol. The van der Waals surface area contributed by atoms with E-state index in [4.69, 9.17) is 0 Å². The van der Waals surface area contributed by atoms with Crippen LogP contribution in [0.5, 0.6) is 0 Å². The Labute approximate surface area is 237 Å². The molecule has 1 aromatic rings. The molecule has 0 aromatic heterocycles. The number of anilines is 1. The van der Waals surface area contributed by atoms with Gasteiger partial charge in [-0.25, -0.2) is 0 Å². The van der Waals surface area contributed by atoms with Crippen LogP contribution in [0.4, 0.5) is 5.69 Å². The van der Waals surface area contributed by atoms with Crippen molar-refractivity contribution in [2.24, 2.45) is 17.8 Å². The third-order valence-electron chi connectivity index (χ3n) is 8.88.